The third-order valence-corrected chi connectivity index (χ3v) is 3.12. The summed E-state index contributed by atoms with van der Waals surface area (Å²) in [6.45, 7) is -0.519. The van der Waals surface area contributed by atoms with Crippen molar-refractivity contribution in [2.75, 3.05) is 6.61 Å². The number of aliphatic hydroxyl groups excluding tert-OH is 4. The number of carbonyl (C=O) groups is 1. The second kappa shape index (κ2) is 6.29. The van der Waals surface area contributed by atoms with Crippen molar-refractivity contribution in [1.82, 2.24) is 0 Å². The molecule has 0 saturated carbocycles. The molecule has 0 aromatic heterocycles. The molecule has 1 aliphatic rings. The molecule has 7 nitrogen and oxygen atoms in total. The Morgan fingerprint density at radius 1 is 1.10 bits per heavy atom. The number of aliphatic hydroxyl groups is 4. The highest BCUT2D eigenvalue weighted by Crippen LogP contribution is 2.24. The minimum absolute atomic E-state index is 0.319. The summed E-state index contributed by atoms with van der Waals surface area (Å²) in [5.74, 6) is 0.319. The zero-order chi connectivity index (χ0) is 14.7. The van der Waals surface area contributed by atoms with Gasteiger partial charge in [-0.15, -0.1) is 0 Å². The number of carbonyl (C=O) groups excluding carboxylic acids is 1. The number of rotatable bonds is 4. The predicted molar refractivity (Wildman–Crippen MR) is 66.2 cm³/mol. The Kier molecular flexibility index (Phi) is 4.69. The van der Waals surface area contributed by atoms with Crippen LogP contribution in [0, 0.1) is 0 Å². The van der Waals surface area contributed by atoms with Gasteiger partial charge in [-0.2, -0.15) is 0 Å². The van der Waals surface area contributed by atoms with E-state index in [0.29, 0.717) is 17.6 Å². The van der Waals surface area contributed by atoms with Gasteiger partial charge in [0.15, 0.2) is 0 Å². The molecule has 0 bridgehead atoms. The molecule has 2 unspecified atom stereocenters. The lowest BCUT2D eigenvalue weighted by Crippen LogP contribution is -2.60. The van der Waals surface area contributed by atoms with Gasteiger partial charge < -0.3 is 29.9 Å². The summed E-state index contributed by atoms with van der Waals surface area (Å²) >= 11 is 0. The first-order valence-corrected chi connectivity index (χ1v) is 6.09. The maximum Gasteiger partial charge on any atom is 0.229 e. The molecule has 1 aromatic rings. The number of hydrogen-bond donors (Lipinski definition) is 4. The molecule has 0 amide bonds. The van der Waals surface area contributed by atoms with Gasteiger partial charge in [0.1, 0.15) is 36.5 Å². The van der Waals surface area contributed by atoms with Gasteiger partial charge in [-0.25, -0.2) is 0 Å². The lowest BCUT2D eigenvalue weighted by atomic mass is 9.99. The molecule has 2 rings (SSSR count). The topological polar surface area (TPSA) is 116 Å². The molecule has 0 radical (unpaired) electrons. The van der Waals surface area contributed by atoms with Crippen molar-refractivity contribution in [3.05, 3.63) is 29.8 Å². The van der Waals surface area contributed by atoms with Crippen molar-refractivity contribution >= 4 is 6.29 Å². The van der Waals surface area contributed by atoms with E-state index in [2.05, 4.69) is 0 Å². The fraction of sp³-hybridized carbons (Fsp3) is 0.462. The summed E-state index contributed by atoms with van der Waals surface area (Å²) in [5, 5.41) is 38.1. The molecule has 110 valence electrons. The molecular formula is C13H16O7. The maximum absolute atomic E-state index is 10.5. The number of aldehydes is 1. The van der Waals surface area contributed by atoms with E-state index >= 15 is 0 Å². The normalized spacial score (nSPS) is 33.7. The maximum atomic E-state index is 10.5. The Labute approximate surface area is 115 Å². The largest absolute Gasteiger partial charge is 0.462 e. The monoisotopic (exact) mass is 284 g/mol. The smallest absolute Gasteiger partial charge is 0.229 e. The van der Waals surface area contributed by atoms with E-state index < -0.39 is 37.3 Å². The van der Waals surface area contributed by atoms with Crippen LogP contribution in [0.3, 0.4) is 0 Å². The van der Waals surface area contributed by atoms with Gasteiger partial charge in [0.25, 0.3) is 0 Å². The van der Waals surface area contributed by atoms with Crippen molar-refractivity contribution in [3.63, 3.8) is 0 Å². The lowest BCUT2D eigenvalue weighted by Gasteiger charge is -2.39. The zero-order valence-electron chi connectivity index (χ0n) is 10.5. The second-order valence-corrected chi connectivity index (χ2v) is 4.50. The van der Waals surface area contributed by atoms with Crippen LogP contribution >= 0.6 is 0 Å². The molecule has 1 saturated heterocycles. The van der Waals surface area contributed by atoms with Crippen LogP contribution in [-0.2, 0) is 4.74 Å². The Morgan fingerprint density at radius 3 is 2.30 bits per heavy atom. The van der Waals surface area contributed by atoms with Crippen LogP contribution in [0.5, 0.6) is 5.75 Å². The molecule has 20 heavy (non-hydrogen) atoms. The minimum Gasteiger partial charge on any atom is -0.462 e. The molecule has 1 fully saturated rings. The summed E-state index contributed by atoms with van der Waals surface area (Å²) in [6, 6.07) is 6.05. The average molecular weight is 284 g/mol. The third kappa shape index (κ3) is 2.97. The molecule has 0 aliphatic carbocycles. The van der Waals surface area contributed by atoms with Crippen molar-refractivity contribution in [2.24, 2.45) is 0 Å². The number of benzene rings is 1. The van der Waals surface area contributed by atoms with Crippen LogP contribution in [0.4, 0.5) is 0 Å². The van der Waals surface area contributed by atoms with E-state index in [4.69, 9.17) is 14.6 Å². The van der Waals surface area contributed by atoms with Crippen LogP contribution in [0.1, 0.15) is 10.4 Å². The quantitative estimate of drug-likeness (QED) is 0.507. The molecular weight excluding hydrogens is 268 g/mol. The van der Waals surface area contributed by atoms with Crippen molar-refractivity contribution in [2.45, 2.75) is 30.7 Å². The lowest BCUT2D eigenvalue weighted by molar-refractivity contribution is -0.277. The Hall–Kier alpha value is -1.51. The van der Waals surface area contributed by atoms with Gasteiger partial charge in [0.05, 0.1) is 6.61 Å². The van der Waals surface area contributed by atoms with Crippen LogP contribution in [0.15, 0.2) is 24.3 Å². The molecule has 4 N–H and O–H groups in total. The van der Waals surface area contributed by atoms with Gasteiger partial charge >= 0.3 is 0 Å². The van der Waals surface area contributed by atoms with Gasteiger partial charge in [0, 0.05) is 5.56 Å². The summed E-state index contributed by atoms with van der Waals surface area (Å²) in [4.78, 5) is 10.5. The van der Waals surface area contributed by atoms with E-state index in [1.165, 1.54) is 24.3 Å². The van der Waals surface area contributed by atoms with Crippen LogP contribution < -0.4 is 4.74 Å². The highest BCUT2D eigenvalue weighted by atomic mass is 16.7. The SMILES string of the molecule is O=Cc1ccc(O[C@@H]2OC(CO)[C@@H](O)[C@H](O)C2O)cc1. The first kappa shape index (κ1) is 14.9. The van der Waals surface area contributed by atoms with Gasteiger partial charge in [-0.3, -0.25) is 4.79 Å². The summed E-state index contributed by atoms with van der Waals surface area (Å²) in [5.41, 5.74) is 0.464. The molecule has 5 atom stereocenters. The van der Waals surface area contributed by atoms with Gasteiger partial charge in [0.2, 0.25) is 6.29 Å². The number of hydrogen-bond acceptors (Lipinski definition) is 7. The Balaban J connectivity index is 2.08. The van der Waals surface area contributed by atoms with Crippen molar-refractivity contribution in [3.8, 4) is 5.75 Å². The first-order valence-electron chi connectivity index (χ1n) is 6.09. The standard InChI is InChI=1S/C13H16O7/c14-5-7-1-3-8(4-2-7)19-13-12(18)11(17)10(16)9(6-15)20-13/h1-5,9-13,15-18H,6H2/t9?,10-,11+,12?,13-/m1/s1. The predicted octanol–water partition coefficient (Wildman–Crippen LogP) is -1.32. The first-order chi connectivity index (χ1) is 9.56. The zero-order valence-corrected chi connectivity index (χ0v) is 10.5. The van der Waals surface area contributed by atoms with Crippen LogP contribution in [-0.4, -0.2) is 64.0 Å². The van der Waals surface area contributed by atoms with Crippen molar-refractivity contribution < 1.29 is 34.7 Å². The van der Waals surface area contributed by atoms with Crippen LogP contribution in [0.25, 0.3) is 0 Å². The highest BCUT2D eigenvalue weighted by Gasteiger charge is 2.44. The van der Waals surface area contributed by atoms with E-state index in [9.17, 15) is 20.1 Å². The van der Waals surface area contributed by atoms with Crippen molar-refractivity contribution in [1.29, 1.82) is 0 Å². The van der Waals surface area contributed by atoms with E-state index in [-0.39, 0.29) is 0 Å². The highest BCUT2D eigenvalue weighted by molar-refractivity contribution is 5.74. The second-order valence-electron chi connectivity index (χ2n) is 4.50. The Morgan fingerprint density at radius 2 is 1.75 bits per heavy atom. The summed E-state index contributed by atoms with van der Waals surface area (Å²) < 4.78 is 10.5. The molecule has 1 aromatic carbocycles. The third-order valence-electron chi connectivity index (χ3n) is 3.12. The molecule has 1 heterocycles. The summed E-state index contributed by atoms with van der Waals surface area (Å²) in [6.07, 6.45) is -5.94. The fourth-order valence-electron chi connectivity index (χ4n) is 1.92. The van der Waals surface area contributed by atoms with E-state index in [0.717, 1.165) is 0 Å². The minimum atomic E-state index is -1.49. The Bertz CT molecular complexity index is 445. The molecule has 0 spiro atoms. The summed E-state index contributed by atoms with van der Waals surface area (Å²) in [7, 11) is 0. The number of ether oxygens (including phenoxy) is 2. The van der Waals surface area contributed by atoms with Gasteiger partial charge in [-0.1, -0.05) is 0 Å². The molecule has 1 aliphatic heterocycles. The van der Waals surface area contributed by atoms with E-state index in [1.807, 2.05) is 0 Å². The fourth-order valence-corrected chi connectivity index (χ4v) is 1.92. The average Bonchev–Trinajstić information content (AvgIpc) is 2.48. The van der Waals surface area contributed by atoms with Crippen LogP contribution in [0.2, 0.25) is 0 Å². The van der Waals surface area contributed by atoms with Gasteiger partial charge in [-0.05, 0) is 24.3 Å². The molecule has 7 heteroatoms. The van der Waals surface area contributed by atoms with E-state index in [1.54, 1.807) is 0 Å².